The number of hydrogen-bond donors (Lipinski definition) is 2. The molecule has 3 rings (SSSR count). The summed E-state index contributed by atoms with van der Waals surface area (Å²) in [5.74, 6) is -0.489. The van der Waals surface area contributed by atoms with Crippen LogP contribution in [0.3, 0.4) is 0 Å². The van der Waals surface area contributed by atoms with Crippen LogP contribution >= 0.6 is 15.9 Å². The maximum atomic E-state index is 13.8. The van der Waals surface area contributed by atoms with E-state index in [2.05, 4.69) is 68.4 Å². The van der Waals surface area contributed by atoms with Crippen LogP contribution in [0, 0.1) is 26.6 Å². The first-order chi connectivity index (χ1) is 12.8. The molecular weight excluding hydrogens is 409 g/mol. The molecule has 0 radical (unpaired) electrons. The largest absolute Gasteiger partial charge is 0.334 e. The highest BCUT2D eigenvalue weighted by Gasteiger charge is 2.12. The molecule has 2 amide bonds. The maximum absolute atomic E-state index is 13.8. The highest BCUT2D eigenvalue weighted by atomic mass is 79.9. The summed E-state index contributed by atoms with van der Waals surface area (Å²) in [4.78, 5) is 12.1. The molecule has 0 atom stereocenters. The van der Waals surface area contributed by atoms with Crippen LogP contribution in [0.5, 0.6) is 0 Å². The van der Waals surface area contributed by atoms with Crippen molar-refractivity contribution >= 4 is 27.6 Å². The van der Waals surface area contributed by atoms with Crippen LogP contribution < -0.4 is 10.6 Å². The number of nitrogens with zero attached hydrogens (tertiary/aromatic N) is 1. The van der Waals surface area contributed by atoms with E-state index in [9.17, 15) is 9.18 Å². The molecule has 0 fully saturated rings. The first kappa shape index (κ1) is 19.2. The predicted octanol–water partition coefficient (Wildman–Crippen LogP) is 5.63. The first-order valence-corrected chi connectivity index (χ1v) is 9.39. The van der Waals surface area contributed by atoms with E-state index in [1.165, 1.54) is 17.7 Å². The van der Waals surface area contributed by atoms with Gasteiger partial charge in [0.1, 0.15) is 5.82 Å². The summed E-state index contributed by atoms with van der Waals surface area (Å²) in [5.41, 5.74) is 5.60. The Morgan fingerprint density at radius 1 is 1.07 bits per heavy atom. The second kappa shape index (κ2) is 7.96. The van der Waals surface area contributed by atoms with E-state index in [0.717, 1.165) is 22.6 Å². The molecule has 1 heterocycles. The van der Waals surface area contributed by atoms with Gasteiger partial charge in [-0.25, -0.2) is 9.18 Å². The third-order valence-corrected chi connectivity index (χ3v) is 4.94. The Balaban J connectivity index is 1.70. The highest BCUT2D eigenvalue weighted by molar-refractivity contribution is 9.10. The van der Waals surface area contributed by atoms with Crippen molar-refractivity contribution in [2.24, 2.45) is 0 Å². The van der Waals surface area contributed by atoms with Crippen LogP contribution in [-0.4, -0.2) is 10.6 Å². The van der Waals surface area contributed by atoms with E-state index in [1.54, 1.807) is 6.07 Å². The summed E-state index contributed by atoms with van der Waals surface area (Å²) in [6.45, 7) is 6.47. The first-order valence-electron chi connectivity index (χ1n) is 8.60. The van der Waals surface area contributed by atoms with Gasteiger partial charge in [0.05, 0.1) is 5.69 Å². The van der Waals surface area contributed by atoms with E-state index in [4.69, 9.17) is 0 Å². The average Bonchev–Trinajstić information content (AvgIpc) is 2.90. The minimum Gasteiger partial charge on any atom is -0.334 e. The fourth-order valence-electron chi connectivity index (χ4n) is 3.03. The van der Waals surface area contributed by atoms with Gasteiger partial charge in [-0.15, -0.1) is 0 Å². The van der Waals surface area contributed by atoms with Crippen LogP contribution in [0.1, 0.15) is 22.5 Å². The zero-order chi connectivity index (χ0) is 19.6. The molecule has 0 aliphatic rings. The van der Waals surface area contributed by atoms with Crippen molar-refractivity contribution in [2.45, 2.75) is 27.3 Å². The van der Waals surface area contributed by atoms with Crippen LogP contribution in [0.4, 0.5) is 14.9 Å². The number of rotatable bonds is 4. The standard InChI is InChI=1S/C21H21BrFN3O/c1-13-4-7-18(8-5-13)26-14(2)10-16(15(26)3)12-24-21(27)25-20-9-6-17(22)11-19(20)23/h4-11H,12H2,1-3H3,(H2,24,25,27). The normalized spacial score (nSPS) is 10.7. The van der Waals surface area contributed by atoms with Gasteiger partial charge in [0.25, 0.3) is 0 Å². The number of urea groups is 1. The van der Waals surface area contributed by atoms with Gasteiger partial charge in [-0.2, -0.15) is 0 Å². The number of amides is 2. The zero-order valence-corrected chi connectivity index (χ0v) is 17.0. The Morgan fingerprint density at radius 2 is 1.78 bits per heavy atom. The van der Waals surface area contributed by atoms with Crippen molar-refractivity contribution in [1.29, 1.82) is 0 Å². The van der Waals surface area contributed by atoms with E-state index in [-0.39, 0.29) is 5.69 Å². The molecule has 4 nitrogen and oxygen atoms in total. The number of benzene rings is 2. The average molecular weight is 430 g/mol. The summed E-state index contributed by atoms with van der Waals surface area (Å²) < 4.78 is 16.6. The summed E-state index contributed by atoms with van der Waals surface area (Å²) >= 11 is 3.19. The van der Waals surface area contributed by atoms with Gasteiger partial charge in [-0.05, 0) is 62.7 Å². The van der Waals surface area contributed by atoms with Gasteiger partial charge in [0.15, 0.2) is 0 Å². The summed E-state index contributed by atoms with van der Waals surface area (Å²) in [5, 5.41) is 5.32. The molecule has 0 aliphatic carbocycles. The predicted molar refractivity (Wildman–Crippen MR) is 110 cm³/mol. The molecule has 2 N–H and O–H groups in total. The summed E-state index contributed by atoms with van der Waals surface area (Å²) in [6, 6.07) is 14.4. The van der Waals surface area contributed by atoms with Gasteiger partial charge in [-0.1, -0.05) is 33.6 Å². The molecule has 1 aromatic heterocycles. The maximum Gasteiger partial charge on any atom is 0.319 e. The van der Waals surface area contributed by atoms with Gasteiger partial charge in [-0.3, -0.25) is 0 Å². The number of carbonyl (C=O) groups excluding carboxylic acids is 1. The third-order valence-electron chi connectivity index (χ3n) is 4.45. The Kier molecular flexibility index (Phi) is 5.65. The van der Waals surface area contributed by atoms with Crippen LogP contribution in [0.15, 0.2) is 53.0 Å². The molecular formula is C21H21BrFN3O. The van der Waals surface area contributed by atoms with Gasteiger partial charge in [0, 0.05) is 28.1 Å². The lowest BCUT2D eigenvalue weighted by atomic mass is 10.2. The second-order valence-corrected chi connectivity index (χ2v) is 7.41. The molecule has 27 heavy (non-hydrogen) atoms. The van der Waals surface area contributed by atoms with E-state index in [1.807, 2.05) is 13.8 Å². The summed E-state index contributed by atoms with van der Waals surface area (Å²) in [7, 11) is 0. The molecule has 0 unspecified atom stereocenters. The van der Waals surface area contributed by atoms with Crippen LogP contribution in [0.25, 0.3) is 5.69 Å². The number of carbonyl (C=O) groups is 1. The van der Waals surface area contributed by atoms with E-state index in [0.29, 0.717) is 11.0 Å². The molecule has 0 saturated heterocycles. The Bertz CT molecular complexity index is 980. The number of aryl methyl sites for hydroxylation is 2. The third kappa shape index (κ3) is 4.39. The molecule has 0 spiro atoms. The van der Waals surface area contributed by atoms with Crippen molar-refractivity contribution in [1.82, 2.24) is 9.88 Å². The lowest BCUT2D eigenvalue weighted by Crippen LogP contribution is -2.28. The Hall–Kier alpha value is -2.60. The lowest BCUT2D eigenvalue weighted by Gasteiger charge is -2.11. The number of anilines is 1. The summed E-state index contributed by atoms with van der Waals surface area (Å²) in [6.07, 6.45) is 0. The lowest BCUT2D eigenvalue weighted by molar-refractivity contribution is 0.251. The Morgan fingerprint density at radius 3 is 2.44 bits per heavy atom. The molecule has 3 aromatic rings. The number of hydrogen-bond acceptors (Lipinski definition) is 1. The molecule has 2 aromatic carbocycles. The van der Waals surface area contributed by atoms with Crippen molar-refractivity contribution in [3.8, 4) is 5.69 Å². The van der Waals surface area contributed by atoms with Gasteiger partial charge < -0.3 is 15.2 Å². The van der Waals surface area contributed by atoms with Crippen molar-refractivity contribution < 1.29 is 9.18 Å². The monoisotopic (exact) mass is 429 g/mol. The number of halogens is 2. The molecule has 6 heteroatoms. The second-order valence-electron chi connectivity index (χ2n) is 6.50. The fraction of sp³-hybridized carbons (Fsp3) is 0.190. The molecule has 0 bridgehead atoms. The molecule has 140 valence electrons. The minimum absolute atomic E-state index is 0.140. The van der Waals surface area contributed by atoms with Gasteiger partial charge in [0.2, 0.25) is 0 Å². The SMILES string of the molecule is Cc1ccc(-n2c(C)cc(CNC(=O)Nc3ccc(Br)cc3F)c2C)cc1. The zero-order valence-electron chi connectivity index (χ0n) is 15.4. The quantitative estimate of drug-likeness (QED) is 0.554. The molecule has 0 aliphatic heterocycles. The van der Waals surface area contributed by atoms with Crippen molar-refractivity contribution in [3.63, 3.8) is 0 Å². The molecule has 0 saturated carbocycles. The topological polar surface area (TPSA) is 46.1 Å². The Labute approximate surface area is 166 Å². The highest BCUT2D eigenvalue weighted by Crippen LogP contribution is 2.22. The van der Waals surface area contributed by atoms with Crippen LogP contribution in [-0.2, 0) is 6.54 Å². The van der Waals surface area contributed by atoms with Crippen LogP contribution in [0.2, 0.25) is 0 Å². The number of aromatic nitrogens is 1. The smallest absolute Gasteiger partial charge is 0.319 e. The van der Waals surface area contributed by atoms with Gasteiger partial charge >= 0.3 is 6.03 Å². The van der Waals surface area contributed by atoms with Crippen molar-refractivity contribution in [3.05, 3.63) is 81.3 Å². The van der Waals surface area contributed by atoms with Crippen molar-refractivity contribution in [2.75, 3.05) is 5.32 Å². The number of nitrogens with one attached hydrogen (secondary N) is 2. The van der Waals surface area contributed by atoms with E-state index >= 15 is 0 Å². The van der Waals surface area contributed by atoms with E-state index < -0.39 is 11.8 Å². The minimum atomic E-state index is -0.489. The fourth-order valence-corrected chi connectivity index (χ4v) is 3.37.